The quantitative estimate of drug-likeness (QED) is 0.755. The summed E-state index contributed by atoms with van der Waals surface area (Å²) in [6.45, 7) is 2.84. The van der Waals surface area contributed by atoms with Crippen LogP contribution in [0.3, 0.4) is 0 Å². The summed E-state index contributed by atoms with van der Waals surface area (Å²) >= 11 is 0. The zero-order valence-electron chi connectivity index (χ0n) is 8.26. The van der Waals surface area contributed by atoms with Crippen molar-refractivity contribution in [3.63, 3.8) is 0 Å². The lowest BCUT2D eigenvalue weighted by molar-refractivity contribution is 0.178. The second kappa shape index (κ2) is 3.50. The van der Waals surface area contributed by atoms with Crippen molar-refractivity contribution < 1.29 is 4.74 Å². The standard InChI is InChI=1S/C10H16N2O/c1-7-4-3-5-8-10(7)12-9(11-8)6-13-2/h7H,3-6H2,1-2H3,(H,11,12). The van der Waals surface area contributed by atoms with Gasteiger partial charge in [-0.3, -0.25) is 0 Å². The lowest BCUT2D eigenvalue weighted by Crippen LogP contribution is -2.05. The van der Waals surface area contributed by atoms with E-state index < -0.39 is 0 Å². The third-order valence-corrected chi connectivity index (χ3v) is 2.67. The van der Waals surface area contributed by atoms with E-state index in [0.29, 0.717) is 12.5 Å². The summed E-state index contributed by atoms with van der Waals surface area (Å²) in [6.07, 6.45) is 3.70. The molecule has 0 saturated heterocycles. The summed E-state index contributed by atoms with van der Waals surface area (Å²) in [4.78, 5) is 7.87. The maximum atomic E-state index is 5.05. The number of aryl methyl sites for hydroxylation is 1. The van der Waals surface area contributed by atoms with Crippen molar-refractivity contribution in [1.82, 2.24) is 9.97 Å². The number of nitrogens with one attached hydrogen (secondary N) is 1. The van der Waals surface area contributed by atoms with Gasteiger partial charge in [-0.2, -0.15) is 0 Å². The van der Waals surface area contributed by atoms with E-state index in [2.05, 4.69) is 16.9 Å². The van der Waals surface area contributed by atoms with Gasteiger partial charge in [0.2, 0.25) is 0 Å². The molecule has 1 aliphatic rings. The Bertz CT molecular complexity index is 293. The predicted molar refractivity (Wildman–Crippen MR) is 50.7 cm³/mol. The van der Waals surface area contributed by atoms with Crippen molar-refractivity contribution in [1.29, 1.82) is 0 Å². The van der Waals surface area contributed by atoms with Crippen molar-refractivity contribution in [3.8, 4) is 0 Å². The number of rotatable bonds is 2. The highest BCUT2D eigenvalue weighted by Crippen LogP contribution is 2.29. The fourth-order valence-corrected chi connectivity index (χ4v) is 2.00. The summed E-state index contributed by atoms with van der Waals surface area (Å²) in [5.41, 5.74) is 2.59. The van der Waals surface area contributed by atoms with Gasteiger partial charge in [-0.25, -0.2) is 4.98 Å². The molecule has 2 rings (SSSR count). The number of H-pyrrole nitrogens is 1. The first kappa shape index (κ1) is 8.75. The van der Waals surface area contributed by atoms with Crippen LogP contribution >= 0.6 is 0 Å². The molecule has 0 amide bonds. The van der Waals surface area contributed by atoms with Crippen LogP contribution in [0.15, 0.2) is 0 Å². The number of imidazole rings is 1. The van der Waals surface area contributed by atoms with Crippen LogP contribution in [-0.2, 0) is 17.8 Å². The molecule has 1 aromatic heterocycles. The molecule has 13 heavy (non-hydrogen) atoms. The Balaban J connectivity index is 2.25. The zero-order valence-corrected chi connectivity index (χ0v) is 8.26. The molecule has 0 radical (unpaired) electrons. The Morgan fingerprint density at radius 3 is 3.15 bits per heavy atom. The first-order valence-electron chi connectivity index (χ1n) is 4.88. The number of nitrogens with zero attached hydrogens (tertiary/aromatic N) is 1. The van der Waals surface area contributed by atoms with Gasteiger partial charge >= 0.3 is 0 Å². The molecular weight excluding hydrogens is 164 g/mol. The minimum absolute atomic E-state index is 0.597. The SMILES string of the molecule is COCc1nc2c([nH]1)CCCC2C. The van der Waals surface area contributed by atoms with E-state index in [9.17, 15) is 0 Å². The van der Waals surface area contributed by atoms with Crippen LogP contribution in [0.1, 0.15) is 42.9 Å². The first-order chi connectivity index (χ1) is 6.31. The van der Waals surface area contributed by atoms with Gasteiger partial charge in [0.25, 0.3) is 0 Å². The van der Waals surface area contributed by atoms with E-state index in [-0.39, 0.29) is 0 Å². The van der Waals surface area contributed by atoms with Gasteiger partial charge in [0.15, 0.2) is 0 Å². The van der Waals surface area contributed by atoms with E-state index in [4.69, 9.17) is 4.74 Å². The molecule has 1 atom stereocenters. The number of aromatic nitrogens is 2. The number of hydrogen-bond acceptors (Lipinski definition) is 2. The molecule has 1 heterocycles. The van der Waals surface area contributed by atoms with Gasteiger partial charge in [-0.05, 0) is 19.3 Å². The van der Waals surface area contributed by atoms with Gasteiger partial charge in [-0.1, -0.05) is 6.92 Å². The highest BCUT2D eigenvalue weighted by molar-refractivity contribution is 5.21. The molecular formula is C10H16N2O. The average molecular weight is 180 g/mol. The molecule has 0 bridgehead atoms. The Kier molecular flexibility index (Phi) is 2.36. The third kappa shape index (κ3) is 1.61. The van der Waals surface area contributed by atoms with E-state index >= 15 is 0 Å². The summed E-state index contributed by atoms with van der Waals surface area (Å²) < 4.78 is 5.05. The van der Waals surface area contributed by atoms with Crippen molar-refractivity contribution in [2.45, 2.75) is 38.7 Å². The fourth-order valence-electron chi connectivity index (χ4n) is 2.00. The normalized spacial score (nSPS) is 21.5. The smallest absolute Gasteiger partial charge is 0.132 e. The Labute approximate surface area is 78.5 Å². The van der Waals surface area contributed by atoms with E-state index in [1.54, 1.807) is 7.11 Å². The molecule has 72 valence electrons. The van der Waals surface area contributed by atoms with Crippen molar-refractivity contribution >= 4 is 0 Å². The average Bonchev–Trinajstić information content (AvgIpc) is 2.49. The maximum absolute atomic E-state index is 5.05. The highest BCUT2D eigenvalue weighted by atomic mass is 16.5. The number of aromatic amines is 1. The summed E-state index contributed by atoms with van der Waals surface area (Å²) in [6, 6.07) is 0. The molecule has 1 aromatic rings. The van der Waals surface area contributed by atoms with Crippen molar-refractivity contribution in [2.75, 3.05) is 7.11 Å². The van der Waals surface area contributed by atoms with Crippen LogP contribution < -0.4 is 0 Å². The molecule has 0 aliphatic heterocycles. The molecule has 0 spiro atoms. The largest absolute Gasteiger partial charge is 0.377 e. The first-order valence-corrected chi connectivity index (χ1v) is 4.88. The van der Waals surface area contributed by atoms with Gasteiger partial charge in [0.1, 0.15) is 12.4 Å². The molecule has 3 heteroatoms. The Morgan fingerprint density at radius 2 is 2.46 bits per heavy atom. The molecule has 1 aliphatic carbocycles. The van der Waals surface area contributed by atoms with Crippen molar-refractivity contribution in [2.24, 2.45) is 0 Å². The van der Waals surface area contributed by atoms with E-state index in [1.165, 1.54) is 24.2 Å². The van der Waals surface area contributed by atoms with Gasteiger partial charge in [0, 0.05) is 18.7 Å². The van der Waals surface area contributed by atoms with Gasteiger partial charge < -0.3 is 9.72 Å². The molecule has 0 saturated carbocycles. The zero-order chi connectivity index (χ0) is 9.26. The second-order valence-corrected chi connectivity index (χ2v) is 3.77. The summed E-state index contributed by atoms with van der Waals surface area (Å²) in [5.74, 6) is 1.59. The molecule has 1 N–H and O–H groups in total. The number of methoxy groups -OCH3 is 1. The summed E-state index contributed by atoms with van der Waals surface area (Å²) in [5, 5.41) is 0. The number of fused-ring (bicyclic) bond motifs is 1. The number of ether oxygens (including phenoxy) is 1. The van der Waals surface area contributed by atoms with Crippen LogP contribution in [-0.4, -0.2) is 17.1 Å². The maximum Gasteiger partial charge on any atom is 0.132 e. The van der Waals surface area contributed by atoms with Gasteiger partial charge in [0.05, 0.1) is 5.69 Å². The highest BCUT2D eigenvalue weighted by Gasteiger charge is 2.20. The Morgan fingerprint density at radius 1 is 1.62 bits per heavy atom. The van der Waals surface area contributed by atoms with E-state index in [1.807, 2.05) is 0 Å². The van der Waals surface area contributed by atoms with Crippen LogP contribution in [0.4, 0.5) is 0 Å². The molecule has 0 fully saturated rings. The van der Waals surface area contributed by atoms with Crippen LogP contribution in [0.5, 0.6) is 0 Å². The molecule has 1 unspecified atom stereocenters. The fraction of sp³-hybridized carbons (Fsp3) is 0.700. The monoisotopic (exact) mass is 180 g/mol. The second-order valence-electron chi connectivity index (χ2n) is 3.77. The van der Waals surface area contributed by atoms with E-state index in [0.717, 1.165) is 12.2 Å². The van der Waals surface area contributed by atoms with Crippen LogP contribution in [0.25, 0.3) is 0 Å². The minimum Gasteiger partial charge on any atom is -0.377 e. The minimum atomic E-state index is 0.597. The van der Waals surface area contributed by atoms with Crippen molar-refractivity contribution in [3.05, 3.63) is 17.2 Å². The lowest BCUT2D eigenvalue weighted by Gasteiger charge is -2.15. The van der Waals surface area contributed by atoms with Crippen LogP contribution in [0.2, 0.25) is 0 Å². The lowest BCUT2D eigenvalue weighted by atomic mass is 9.92. The molecule has 3 nitrogen and oxygen atoms in total. The number of hydrogen-bond donors (Lipinski definition) is 1. The summed E-state index contributed by atoms with van der Waals surface area (Å²) in [7, 11) is 1.70. The van der Waals surface area contributed by atoms with Gasteiger partial charge in [-0.15, -0.1) is 0 Å². The Hall–Kier alpha value is -0.830. The molecule has 0 aromatic carbocycles. The third-order valence-electron chi connectivity index (χ3n) is 2.67. The predicted octanol–water partition coefficient (Wildman–Crippen LogP) is 2.00. The topological polar surface area (TPSA) is 37.9 Å². The van der Waals surface area contributed by atoms with Crippen LogP contribution in [0, 0.1) is 0 Å².